The number of rotatable bonds is 6. The smallest absolute Gasteiger partial charge is 0.382 e. The molecule has 3 N–H and O–H groups in total. The number of nitrogens with one attached hydrogen (secondary N) is 1. The minimum Gasteiger partial charge on any atom is -0.382 e. The molecule has 0 amide bonds. The molecule has 0 aliphatic carbocycles. The Bertz CT molecular complexity index is 546. The lowest BCUT2D eigenvalue weighted by Gasteiger charge is -2.16. The highest BCUT2D eigenvalue weighted by Gasteiger charge is 2.26. The topological polar surface area (TPSA) is 85.1 Å². The van der Waals surface area contributed by atoms with Gasteiger partial charge >= 0.3 is 6.18 Å². The predicted molar refractivity (Wildman–Crippen MR) is 68.6 cm³/mol. The number of nitrogens with two attached hydrogens (primary N) is 1. The molecule has 1 heterocycles. The van der Waals surface area contributed by atoms with Crippen molar-refractivity contribution in [2.75, 3.05) is 5.32 Å². The molecule has 20 heavy (non-hydrogen) atoms. The molecule has 0 aliphatic rings. The average Bonchev–Trinajstić information content (AvgIpc) is 2.26. The van der Waals surface area contributed by atoms with Gasteiger partial charge in [0.25, 0.3) is 10.0 Å². The molecular weight excluding hydrogens is 295 g/mol. The van der Waals surface area contributed by atoms with Gasteiger partial charge in [-0.3, -0.25) is 0 Å². The maximum atomic E-state index is 12.0. The molecule has 0 spiro atoms. The molecule has 114 valence electrons. The Labute approximate surface area is 115 Å². The highest BCUT2D eigenvalue weighted by atomic mass is 32.2. The van der Waals surface area contributed by atoms with E-state index in [1.165, 1.54) is 18.3 Å². The summed E-state index contributed by atoms with van der Waals surface area (Å²) in [5, 5.41) is 7.57. The van der Waals surface area contributed by atoms with E-state index in [1.807, 2.05) is 0 Å². The van der Waals surface area contributed by atoms with Gasteiger partial charge in [-0.05, 0) is 25.8 Å². The Morgan fingerprint density at radius 1 is 1.45 bits per heavy atom. The van der Waals surface area contributed by atoms with Crippen LogP contribution in [0.2, 0.25) is 0 Å². The molecule has 0 bridgehead atoms. The van der Waals surface area contributed by atoms with Crippen molar-refractivity contribution in [1.29, 1.82) is 0 Å². The summed E-state index contributed by atoms with van der Waals surface area (Å²) in [6.45, 7) is 1.72. The van der Waals surface area contributed by atoms with Crippen LogP contribution in [-0.2, 0) is 10.0 Å². The second-order valence-corrected chi connectivity index (χ2v) is 5.99. The zero-order valence-corrected chi connectivity index (χ0v) is 11.6. The first-order chi connectivity index (χ1) is 9.08. The molecule has 9 heteroatoms. The first kappa shape index (κ1) is 16.7. The van der Waals surface area contributed by atoms with Crippen LogP contribution >= 0.6 is 0 Å². The summed E-state index contributed by atoms with van der Waals surface area (Å²) in [6.07, 6.45) is -3.41. The molecule has 1 unspecified atom stereocenters. The van der Waals surface area contributed by atoms with E-state index in [-0.39, 0.29) is 17.5 Å². The number of sulfonamides is 1. The second-order valence-electron chi connectivity index (χ2n) is 4.48. The van der Waals surface area contributed by atoms with Crippen LogP contribution < -0.4 is 10.5 Å². The highest BCUT2D eigenvalue weighted by Crippen LogP contribution is 2.23. The number of aromatic nitrogens is 1. The molecule has 1 rings (SSSR count). The van der Waals surface area contributed by atoms with Crippen molar-refractivity contribution in [2.45, 2.75) is 43.4 Å². The van der Waals surface area contributed by atoms with Crippen LogP contribution in [0.25, 0.3) is 0 Å². The van der Waals surface area contributed by atoms with E-state index in [1.54, 1.807) is 6.92 Å². The van der Waals surface area contributed by atoms with Crippen molar-refractivity contribution >= 4 is 15.7 Å². The van der Waals surface area contributed by atoms with Crippen LogP contribution in [0.1, 0.15) is 26.2 Å². The van der Waals surface area contributed by atoms with Gasteiger partial charge in [0.1, 0.15) is 0 Å². The Balaban J connectivity index is 2.56. The lowest BCUT2D eigenvalue weighted by atomic mass is 10.1. The van der Waals surface area contributed by atoms with Crippen molar-refractivity contribution in [3.05, 3.63) is 18.3 Å². The summed E-state index contributed by atoms with van der Waals surface area (Å²) in [6, 6.07) is 2.54. The van der Waals surface area contributed by atoms with Crippen LogP contribution in [0.3, 0.4) is 0 Å². The van der Waals surface area contributed by atoms with Crippen molar-refractivity contribution in [2.24, 2.45) is 5.14 Å². The summed E-state index contributed by atoms with van der Waals surface area (Å²) in [4.78, 5) is 3.61. The van der Waals surface area contributed by atoms with E-state index >= 15 is 0 Å². The average molecular weight is 311 g/mol. The third-order valence-electron chi connectivity index (χ3n) is 2.54. The first-order valence-electron chi connectivity index (χ1n) is 5.90. The van der Waals surface area contributed by atoms with Crippen molar-refractivity contribution in [3.8, 4) is 0 Å². The summed E-state index contributed by atoms with van der Waals surface area (Å²) in [7, 11) is -3.90. The predicted octanol–water partition coefficient (Wildman–Crippen LogP) is 2.26. The number of alkyl halides is 3. The maximum absolute atomic E-state index is 12.0. The van der Waals surface area contributed by atoms with Gasteiger partial charge in [-0.1, -0.05) is 0 Å². The molecule has 1 atom stereocenters. The fourth-order valence-corrected chi connectivity index (χ4v) is 2.12. The molecule has 0 radical (unpaired) electrons. The standard InChI is InChI=1S/C11H16F3N3O2S/c1-8(3-2-5-11(12,13)14)17-9-4-6-16-10(7-9)20(15,18)19/h4,6-8H,2-3,5H2,1H3,(H,16,17)(H2,15,18,19). The molecular formula is C11H16F3N3O2S. The lowest BCUT2D eigenvalue weighted by molar-refractivity contribution is -0.135. The molecule has 0 saturated carbocycles. The van der Waals surface area contributed by atoms with Gasteiger partial charge < -0.3 is 5.32 Å². The zero-order chi connectivity index (χ0) is 15.4. The van der Waals surface area contributed by atoms with Crippen LogP contribution in [0.15, 0.2) is 23.4 Å². The number of anilines is 1. The van der Waals surface area contributed by atoms with Crippen molar-refractivity contribution < 1.29 is 21.6 Å². The Morgan fingerprint density at radius 2 is 2.10 bits per heavy atom. The zero-order valence-electron chi connectivity index (χ0n) is 10.8. The SMILES string of the molecule is CC(CCCC(F)(F)F)Nc1ccnc(S(N)(=O)=O)c1. The van der Waals surface area contributed by atoms with Crippen molar-refractivity contribution in [3.63, 3.8) is 0 Å². The monoisotopic (exact) mass is 311 g/mol. The summed E-state index contributed by atoms with van der Waals surface area (Å²) in [5.41, 5.74) is 0.448. The van der Waals surface area contributed by atoms with Crippen LogP contribution in [-0.4, -0.2) is 25.6 Å². The number of nitrogens with zero attached hydrogens (tertiary/aromatic N) is 1. The molecule has 0 fully saturated rings. The van der Waals surface area contributed by atoms with Crippen LogP contribution in [0.5, 0.6) is 0 Å². The van der Waals surface area contributed by atoms with Crippen LogP contribution in [0.4, 0.5) is 18.9 Å². The molecule has 0 saturated heterocycles. The van der Waals surface area contributed by atoms with E-state index in [0.717, 1.165) is 0 Å². The molecule has 1 aromatic heterocycles. The van der Waals surface area contributed by atoms with Gasteiger partial charge in [0.05, 0.1) is 0 Å². The normalized spacial score (nSPS) is 14.1. The number of pyridine rings is 1. The fraction of sp³-hybridized carbons (Fsp3) is 0.545. The molecule has 0 aromatic carbocycles. The van der Waals surface area contributed by atoms with Crippen molar-refractivity contribution in [1.82, 2.24) is 4.98 Å². The number of hydrogen-bond acceptors (Lipinski definition) is 4. The van der Waals surface area contributed by atoms with Gasteiger partial charge in [0, 0.05) is 30.4 Å². The van der Waals surface area contributed by atoms with Gasteiger partial charge in [-0.15, -0.1) is 0 Å². The summed E-state index contributed by atoms with van der Waals surface area (Å²) < 4.78 is 58.3. The van der Waals surface area contributed by atoms with Gasteiger partial charge in [0.2, 0.25) is 0 Å². The molecule has 5 nitrogen and oxygen atoms in total. The van der Waals surface area contributed by atoms with E-state index in [4.69, 9.17) is 5.14 Å². The largest absolute Gasteiger partial charge is 0.389 e. The summed E-state index contributed by atoms with van der Waals surface area (Å²) in [5.74, 6) is 0. The van der Waals surface area contributed by atoms with E-state index in [9.17, 15) is 21.6 Å². The quantitative estimate of drug-likeness (QED) is 0.844. The third-order valence-corrected chi connectivity index (χ3v) is 3.34. The number of halogens is 3. The minimum absolute atomic E-state index is 0.00476. The van der Waals surface area contributed by atoms with Gasteiger partial charge in [-0.25, -0.2) is 18.5 Å². The summed E-state index contributed by atoms with van der Waals surface area (Å²) >= 11 is 0. The Hall–Kier alpha value is -1.35. The van der Waals surface area contributed by atoms with Crippen LogP contribution in [0, 0.1) is 0 Å². The Kier molecular flexibility index (Phi) is 5.35. The first-order valence-corrected chi connectivity index (χ1v) is 7.45. The van der Waals surface area contributed by atoms with Gasteiger partial charge in [0.15, 0.2) is 5.03 Å². The maximum Gasteiger partial charge on any atom is 0.389 e. The molecule has 0 aliphatic heterocycles. The third kappa shape index (κ3) is 6.20. The second kappa shape index (κ2) is 6.40. The number of primary sulfonamides is 1. The van der Waals surface area contributed by atoms with E-state index in [0.29, 0.717) is 12.1 Å². The highest BCUT2D eigenvalue weighted by molar-refractivity contribution is 7.89. The molecule has 1 aromatic rings. The van der Waals surface area contributed by atoms with E-state index < -0.39 is 22.6 Å². The van der Waals surface area contributed by atoms with E-state index in [2.05, 4.69) is 10.3 Å². The number of hydrogen-bond donors (Lipinski definition) is 2. The minimum atomic E-state index is -4.16. The fourth-order valence-electron chi connectivity index (χ4n) is 1.62. The van der Waals surface area contributed by atoms with Gasteiger partial charge in [-0.2, -0.15) is 13.2 Å². The lowest BCUT2D eigenvalue weighted by Crippen LogP contribution is -2.18. The Morgan fingerprint density at radius 3 is 2.65 bits per heavy atom.